The van der Waals surface area contributed by atoms with E-state index < -0.39 is 0 Å². The highest BCUT2D eigenvalue weighted by Crippen LogP contribution is 2.39. The number of guanidine groups is 1. The number of carbonyl (C=O) groups excluding carboxylic acids is 2. The summed E-state index contributed by atoms with van der Waals surface area (Å²) in [6.07, 6.45) is 2.07. The number of rotatable bonds is 12. The van der Waals surface area contributed by atoms with E-state index in [-0.39, 0.29) is 22.6 Å². The number of nitrogen functional groups attached to an aromatic ring is 2. The maximum absolute atomic E-state index is 13.8. The smallest absolute Gasteiger partial charge is 0.255 e. The van der Waals surface area contributed by atoms with Crippen LogP contribution in [0.1, 0.15) is 86.2 Å². The molecule has 0 unspecified atom stereocenters. The van der Waals surface area contributed by atoms with Crippen LogP contribution in [0.5, 0.6) is 0 Å². The van der Waals surface area contributed by atoms with Gasteiger partial charge in [0, 0.05) is 66.6 Å². The minimum atomic E-state index is -0.334. The molecule has 0 radical (unpaired) electrons. The zero-order valence-electron chi connectivity index (χ0n) is 31.2. The van der Waals surface area contributed by atoms with Gasteiger partial charge >= 0.3 is 0 Å². The fraction of sp³-hybridized carbons (Fsp3) is 0.436. The van der Waals surface area contributed by atoms with E-state index >= 15 is 0 Å². The molecule has 52 heavy (non-hydrogen) atoms. The van der Waals surface area contributed by atoms with Gasteiger partial charge in [-0.1, -0.05) is 47.6 Å². The van der Waals surface area contributed by atoms with Crippen molar-refractivity contribution in [2.24, 2.45) is 9.98 Å². The quantitative estimate of drug-likeness (QED) is 0.0625. The van der Waals surface area contributed by atoms with Crippen LogP contribution >= 0.6 is 23.5 Å². The Balaban J connectivity index is 1.33. The number of nitrogens with one attached hydrogen (secondary N) is 5. The van der Waals surface area contributed by atoms with E-state index in [9.17, 15) is 9.59 Å². The van der Waals surface area contributed by atoms with E-state index in [0.29, 0.717) is 46.2 Å². The van der Waals surface area contributed by atoms with Gasteiger partial charge in [-0.3, -0.25) is 19.6 Å². The van der Waals surface area contributed by atoms with Gasteiger partial charge < -0.3 is 38.1 Å². The lowest BCUT2D eigenvalue weighted by Gasteiger charge is -2.23. The Kier molecular flexibility index (Phi) is 12.7. The second-order valence-corrected chi connectivity index (χ2v) is 17.2. The first kappa shape index (κ1) is 38.9. The average Bonchev–Trinajstić information content (AvgIpc) is 3.81. The number of aliphatic imine (C=N–C) groups is 2. The van der Waals surface area contributed by atoms with E-state index in [2.05, 4.69) is 78.1 Å². The van der Waals surface area contributed by atoms with Crippen LogP contribution in [0, 0.1) is 0 Å². The van der Waals surface area contributed by atoms with Crippen molar-refractivity contribution in [1.82, 2.24) is 16.0 Å². The summed E-state index contributed by atoms with van der Waals surface area (Å²) >= 11 is 3.16. The first-order valence-electron chi connectivity index (χ1n) is 17.8. The number of hydrogen-bond acceptors (Lipinski definition) is 11. The minimum Gasteiger partial charge on any atom is -0.398 e. The summed E-state index contributed by atoms with van der Waals surface area (Å²) in [5, 5.41) is 16.1. The summed E-state index contributed by atoms with van der Waals surface area (Å²) in [6.45, 7) is 16.6. The summed E-state index contributed by atoms with van der Waals surface area (Å²) in [7, 11) is 0. The lowest BCUT2D eigenvalue weighted by molar-refractivity contribution is 0.102. The molecule has 5 rings (SSSR count). The Bertz CT molecular complexity index is 1720. The molecule has 2 heterocycles. The van der Waals surface area contributed by atoms with Crippen molar-refractivity contribution in [2.45, 2.75) is 75.0 Å². The zero-order valence-corrected chi connectivity index (χ0v) is 32.8. The van der Waals surface area contributed by atoms with Crippen molar-refractivity contribution in [3.8, 4) is 0 Å². The lowest BCUT2D eigenvalue weighted by Crippen LogP contribution is -2.35. The van der Waals surface area contributed by atoms with Crippen molar-refractivity contribution in [3.05, 3.63) is 70.8 Å². The summed E-state index contributed by atoms with van der Waals surface area (Å²) < 4.78 is 0. The van der Waals surface area contributed by atoms with Gasteiger partial charge in [0.1, 0.15) is 0 Å². The van der Waals surface area contributed by atoms with E-state index in [1.165, 1.54) is 0 Å². The number of nitrogens with zero attached hydrogens (tertiary/aromatic N) is 2. The second kappa shape index (κ2) is 17.0. The van der Waals surface area contributed by atoms with Crippen LogP contribution < -0.4 is 38.1 Å². The Hall–Kier alpha value is -4.36. The molecule has 0 fully saturated rings. The first-order valence-corrected chi connectivity index (χ1v) is 19.8. The fourth-order valence-corrected chi connectivity index (χ4v) is 7.54. The predicted molar refractivity (Wildman–Crippen MR) is 221 cm³/mol. The highest BCUT2D eigenvalue weighted by molar-refractivity contribution is 7.99. The minimum absolute atomic E-state index is 0.180. The van der Waals surface area contributed by atoms with Gasteiger partial charge in [-0.15, -0.1) is 23.5 Å². The highest BCUT2D eigenvalue weighted by atomic mass is 32.2. The van der Waals surface area contributed by atoms with Crippen molar-refractivity contribution in [1.29, 1.82) is 0 Å². The summed E-state index contributed by atoms with van der Waals surface area (Å²) in [6, 6.07) is 14.7. The number of amidine groups is 1. The van der Waals surface area contributed by atoms with Crippen LogP contribution in [0.25, 0.3) is 0 Å². The molecule has 0 bridgehead atoms. The molecule has 2 amide bonds. The van der Waals surface area contributed by atoms with Crippen LogP contribution in [0.3, 0.4) is 0 Å². The van der Waals surface area contributed by atoms with Crippen LogP contribution in [0.15, 0.2) is 68.3 Å². The third-order valence-electron chi connectivity index (χ3n) is 8.72. The second-order valence-electron chi connectivity index (χ2n) is 15.0. The van der Waals surface area contributed by atoms with Gasteiger partial charge in [0.05, 0.1) is 33.5 Å². The van der Waals surface area contributed by atoms with Crippen LogP contribution in [0.2, 0.25) is 0 Å². The molecule has 0 spiro atoms. The molecule has 3 aromatic carbocycles. The molecule has 0 saturated carbocycles. The molecule has 0 atom stereocenters. The Morgan fingerprint density at radius 3 is 1.75 bits per heavy atom. The standard InChI is InChI=1S/C39H53N9O2S2/c1-38(2,3)26-20-28(40)33(51-17-15-43-32-11-8-12-42-32)30(22-26)47-35(49)24-9-7-10-25(19-24)36(50)48-31-23-27(39(4,5)6)21-29(41)34(31)52-18-16-46-37-44-13-14-45-37/h7,9-10,19-23H,8,11-18,40-41H2,1-6H3,(H,42,43)(H,47,49)(H,48,50)(H2,44,45,46). The van der Waals surface area contributed by atoms with Crippen LogP contribution in [-0.2, 0) is 10.8 Å². The zero-order chi connectivity index (χ0) is 37.5. The maximum Gasteiger partial charge on any atom is 0.255 e. The molecule has 0 saturated heterocycles. The van der Waals surface area contributed by atoms with Crippen molar-refractivity contribution < 1.29 is 9.59 Å². The van der Waals surface area contributed by atoms with Gasteiger partial charge in [0.15, 0.2) is 5.96 Å². The van der Waals surface area contributed by atoms with E-state index in [0.717, 1.165) is 77.5 Å². The highest BCUT2D eigenvalue weighted by Gasteiger charge is 2.23. The Morgan fingerprint density at radius 1 is 0.750 bits per heavy atom. The number of benzene rings is 3. The molecular formula is C39H53N9O2S2. The van der Waals surface area contributed by atoms with E-state index in [1.807, 2.05) is 24.3 Å². The molecule has 2 aliphatic rings. The molecule has 2 aliphatic heterocycles. The number of amides is 2. The van der Waals surface area contributed by atoms with E-state index in [1.54, 1.807) is 47.8 Å². The summed E-state index contributed by atoms with van der Waals surface area (Å²) in [5.74, 6) is 2.65. The maximum atomic E-state index is 13.8. The molecule has 278 valence electrons. The van der Waals surface area contributed by atoms with Gasteiger partial charge in [0.25, 0.3) is 11.8 Å². The van der Waals surface area contributed by atoms with Gasteiger partial charge in [-0.05, 0) is 70.8 Å². The SMILES string of the molecule is CC(C)(C)c1cc(N)c(SCCNC2=NCCC2)c(NC(=O)c2cccc(C(=O)Nc3cc(C(C)(C)C)cc(N)c3SCCNC3=NCCN3)c2)c1. The summed E-state index contributed by atoms with van der Waals surface area (Å²) in [4.78, 5) is 38.1. The molecule has 3 aromatic rings. The van der Waals surface area contributed by atoms with Crippen molar-refractivity contribution in [3.63, 3.8) is 0 Å². The largest absolute Gasteiger partial charge is 0.398 e. The Labute approximate surface area is 316 Å². The number of hydrogen-bond donors (Lipinski definition) is 7. The molecule has 0 aromatic heterocycles. The van der Waals surface area contributed by atoms with Crippen molar-refractivity contribution in [2.75, 3.05) is 66.3 Å². The number of thioether (sulfide) groups is 2. The molecule has 11 nitrogen and oxygen atoms in total. The number of nitrogens with two attached hydrogens (primary N) is 2. The molecule has 13 heteroatoms. The number of anilines is 4. The van der Waals surface area contributed by atoms with Gasteiger partial charge in [-0.25, -0.2) is 0 Å². The number of carbonyl (C=O) groups is 2. The lowest BCUT2D eigenvalue weighted by atomic mass is 9.86. The normalized spacial score (nSPS) is 14.3. The van der Waals surface area contributed by atoms with Gasteiger partial charge in [-0.2, -0.15) is 0 Å². The monoisotopic (exact) mass is 743 g/mol. The molecular weight excluding hydrogens is 691 g/mol. The van der Waals surface area contributed by atoms with Crippen molar-refractivity contribution >= 4 is 69.9 Å². The summed E-state index contributed by atoms with van der Waals surface area (Å²) in [5.41, 5.74) is 18.1. The first-order chi connectivity index (χ1) is 24.7. The third-order valence-corrected chi connectivity index (χ3v) is 11.0. The molecule has 0 aliphatic carbocycles. The third kappa shape index (κ3) is 10.4. The average molecular weight is 744 g/mol. The fourth-order valence-electron chi connectivity index (χ4n) is 5.74. The van der Waals surface area contributed by atoms with E-state index in [4.69, 9.17) is 11.5 Å². The molecule has 9 N–H and O–H groups in total. The topological polar surface area (TPSA) is 171 Å². The van der Waals surface area contributed by atoms with Gasteiger partial charge in [0.2, 0.25) is 0 Å². The van der Waals surface area contributed by atoms with Crippen LogP contribution in [-0.4, -0.2) is 67.8 Å². The van der Waals surface area contributed by atoms with Crippen LogP contribution in [0.4, 0.5) is 22.7 Å². The Morgan fingerprint density at radius 2 is 1.29 bits per heavy atom. The predicted octanol–water partition coefficient (Wildman–Crippen LogP) is 6.47.